The van der Waals surface area contributed by atoms with Gasteiger partial charge in [0.05, 0.1) is 12.8 Å². The highest BCUT2D eigenvalue weighted by Gasteiger charge is 2.32. The van der Waals surface area contributed by atoms with Gasteiger partial charge in [0.1, 0.15) is 0 Å². The summed E-state index contributed by atoms with van der Waals surface area (Å²) in [6.07, 6.45) is 5.53. The second kappa shape index (κ2) is 11.2. The molecule has 0 saturated carbocycles. The summed E-state index contributed by atoms with van der Waals surface area (Å²) in [5.41, 5.74) is 4.82. The number of esters is 1. The number of hydrogen-bond donors (Lipinski definition) is 0. The molecule has 4 nitrogen and oxygen atoms in total. The topological polar surface area (TPSA) is 44.1 Å². The SMILES string of the molecule is CCC/C(C)=C(\C(=O)OCC)C(c1ccccc1Cl)c1cnn(CCC)c1CC. The normalized spacial score (nSPS) is 13.2. The maximum Gasteiger partial charge on any atom is 0.334 e. The molecule has 0 amide bonds. The van der Waals surface area contributed by atoms with Crippen LogP contribution in [0.3, 0.4) is 0 Å². The van der Waals surface area contributed by atoms with Gasteiger partial charge in [-0.25, -0.2) is 4.79 Å². The van der Waals surface area contributed by atoms with E-state index in [0.29, 0.717) is 17.2 Å². The number of hydrogen-bond acceptors (Lipinski definition) is 3. The van der Waals surface area contributed by atoms with Gasteiger partial charge < -0.3 is 4.74 Å². The number of allylic oxidation sites excluding steroid dienone is 1. The van der Waals surface area contributed by atoms with Crippen LogP contribution in [0.25, 0.3) is 0 Å². The Morgan fingerprint density at radius 2 is 1.86 bits per heavy atom. The third-order valence-corrected chi connectivity index (χ3v) is 5.49. The van der Waals surface area contributed by atoms with Crippen LogP contribution in [0.4, 0.5) is 0 Å². The average molecular weight is 417 g/mol. The van der Waals surface area contributed by atoms with E-state index in [4.69, 9.17) is 16.3 Å². The van der Waals surface area contributed by atoms with Crippen LogP contribution < -0.4 is 0 Å². The predicted molar refractivity (Wildman–Crippen MR) is 119 cm³/mol. The third kappa shape index (κ3) is 5.30. The van der Waals surface area contributed by atoms with Gasteiger partial charge in [0.15, 0.2) is 0 Å². The first-order valence-electron chi connectivity index (χ1n) is 10.7. The van der Waals surface area contributed by atoms with Crippen molar-refractivity contribution in [1.29, 1.82) is 0 Å². The van der Waals surface area contributed by atoms with Gasteiger partial charge in [-0.2, -0.15) is 5.10 Å². The van der Waals surface area contributed by atoms with Crippen LogP contribution in [0.1, 0.15) is 76.6 Å². The number of benzene rings is 1. The van der Waals surface area contributed by atoms with E-state index >= 15 is 0 Å². The van der Waals surface area contributed by atoms with E-state index in [-0.39, 0.29) is 11.9 Å². The average Bonchev–Trinajstić information content (AvgIpc) is 3.09. The fraction of sp³-hybridized carbons (Fsp3) is 0.500. The fourth-order valence-corrected chi connectivity index (χ4v) is 4.15. The molecule has 158 valence electrons. The van der Waals surface area contributed by atoms with Crippen LogP contribution in [0.2, 0.25) is 5.02 Å². The van der Waals surface area contributed by atoms with Crippen molar-refractivity contribution in [3.63, 3.8) is 0 Å². The van der Waals surface area contributed by atoms with Crippen molar-refractivity contribution in [3.8, 4) is 0 Å². The minimum Gasteiger partial charge on any atom is -0.463 e. The summed E-state index contributed by atoms with van der Waals surface area (Å²) >= 11 is 6.64. The van der Waals surface area contributed by atoms with E-state index in [0.717, 1.165) is 54.6 Å². The second-order valence-corrected chi connectivity index (χ2v) is 7.65. The second-order valence-electron chi connectivity index (χ2n) is 7.24. The van der Waals surface area contributed by atoms with Crippen molar-refractivity contribution in [2.24, 2.45) is 0 Å². The Kier molecular flexibility index (Phi) is 8.97. The Balaban J connectivity index is 2.79. The van der Waals surface area contributed by atoms with Gasteiger partial charge >= 0.3 is 5.97 Å². The van der Waals surface area contributed by atoms with Crippen molar-refractivity contribution in [3.05, 3.63) is 63.5 Å². The number of nitrogens with zero attached hydrogens (tertiary/aromatic N) is 2. The number of aryl methyl sites for hydroxylation is 1. The smallest absolute Gasteiger partial charge is 0.334 e. The van der Waals surface area contributed by atoms with E-state index in [1.54, 1.807) is 0 Å². The lowest BCUT2D eigenvalue weighted by Crippen LogP contribution is -2.19. The molecule has 1 heterocycles. The summed E-state index contributed by atoms with van der Waals surface area (Å²) < 4.78 is 7.55. The monoisotopic (exact) mass is 416 g/mol. The van der Waals surface area contributed by atoms with E-state index in [1.165, 1.54) is 0 Å². The molecule has 0 radical (unpaired) electrons. The number of rotatable bonds is 10. The number of carbonyl (C=O) groups excluding carboxylic acids is 1. The molecule has 0 saturated heterocycles. The molecule has 29 heavy (non-hydrogen) atoms. The number of aromatic nitrogens is 2. The Hall–Kier alpha value is -2.07. The zero-order chi connectivity index (χ0) is 21.4. The molecule has 1 atom stereocenters. The van der Waals surface area contributed by atoms with Crippen molar-refractivity contribution >= 4 is 17.6 Å². The highest BCUT2D eigenvalue weighted by atomic mass is 35.5. The van der Waals surface area contributed by atoms with Crippen LogP contribution in [0, 0.1) is 0 Å². The Bertz CT molecular complexity index is 854. The summed E-state index contributed by atoms with van der Waals surface area (Å²) in [6, 6.07) is 7.76. The lowest BCUT2D eigenvalue weighted by atomic mass is 9.81. The van der Waals surface area contributed by atoms with E-state index in [2.05, 4.69) is 30.6 Å². The van der Waals surface area contributed by atoms with Crippen molar-refractivity contribution in [2.45, 2.75) is 72.8 Å². The zero-order valence-corrected chi connectivity index (χ0v) is 19.1. The highest BCUT2D eigenvalue weighted by Crippen LogP contribution is 2.40. The van der Waals surface area contributed by atoms with Crippen molar-refractivity contribution in [1.82, 2.24) is 9.78 Å². The van der Waals surface area contributed by atoms with E-state index in [9.17, 15) is 4.79 Å². The molecule has 5 heteroatoms. The largest absolute Gasteiger partial charge is 0.463 e. The lowest BCUT2D eigenvalue weighted by molar-refractivity contribution is -0.138. The predicted octanol–water partition coefficient (Wildman–Crippen LogP) is 6.32. The van der Waals surface area contributed by atoms with Crippen molar-refractivity contribution in [2.75, 3.05) is 6.61 Å². The summed E-state index contributed by atoms with van der Waals surface area (Å²) in [5.74, 6) is -0.566. The molecule has 2 rings (SSSR count). The third-order valence-electron chi connectivity index (χ3n) is 5.15. The van der Waals surface area contributed by atoms with Gasteiger partial charge in [0, 0.05) is 34.3 Å². The van der Waals surface area contributed by atoms with Crippen LogP contribution in [0.5, 0.6) is 0 Å². The minimum absolute atomic E-state index is 0.270. The van der Waals surface area contributed by atoms with Gasteiger partial charge in [-0.05, 0) is 44.7 Å². The number of carbonyl (C=O) groups is 1. The molecular formula is C24H33ClN2O2. The Morgan fingerprint density at radius 1 is 1.14 bits per heavy atom. The Morgan fingerprint density at radius 3 is 2.45 bits per heavy atom. The molecular weight excluding hydrogens is 384 g/mol. The van der Waals surface area contributed by atoms with Crippen LogP contribution in [-0.2, 0) is 22.5 Å². The zero-order valence-electron chi connectivity index (χ0n) is 18.3. The van der Waals surface area contributed by atoms with E-state index in [1.807, 2.05) is 44.3 Å². The van der Waals surface area contributed by atoms with Gasteiger partial charge in [-0.1, -0.05) is 62.6 Å². The number of ether oxygens (including phenoxy) is 1. The lowest BCUT2D eigenvalue weighted by Gasteiger charge is -2.24. The maximum absolute atomic E-state index is 13.1. The van der Waals surface area contributed by atoms with Gasteiger partial charge in [0.2, 0.25) is 0 Å². The fourth-order valence-electron chi connectivity index (χ4n) is 3.90. The maximum atomic E-state index is 13.1. The summed E-state index contributed by atoms with van der Waals surface area (Å²) in [4.78, 5) is 13.1. The number of halogens is 1. The standard InChI is InChI=1S/C24H33ClN2O2/c1-6-12-17(5)22(24(28)29-9-4)23(18-13-10-11-14-20(18)25)19-16-26-27(15-7-2)21(19)8-3/h10-11,13-14,16,23H,6-9,12,15H2,1-5H3/b22-17-. The molecule has 1 aromatic heterocycles. The molecule has 2 aromatic rings. The van der Waals surface area contributed by atoms with E-state index < -0.39 is 0 Å². The molecule has 0 bridgehead atoms. The molecule has 1 unspecified atom stereocenters. The first-order chi connectivity index (χ1) is 14.0. The molecule has 0 N–H and O–H groups in total. The Labute approximate surface area is 179 Å². The van der Waals surface area contributed by atoms with Crippen LogP contribution >= 0.6 is 11.6 Å². The molecule has 0 spiro atoms. The molecule has 0 aliphatic carbocycles. The highest BCUT2D eigenvalue weighted by molar-refractivity contribution is 6.31. The minimum atomic E-state index is -0.296. The van der Waals surface area contributed by atoms with Gasteiger partial charge in [0.25, 0.3) is 0 Å². The summed E-state index contributed by atoms with van der Waals surface area (Å²) in [6.45, 7) is 11.4. The van der Waals surface area contributed by atoms with Crippen molar-refractivity contribution < 1.29 is 9.53 Å². The summed E-state index contributed by atoms with van der Waals surface area (Å²) in [5, 5.41) is 5.29. The first-order valence-corrected chi connectivity index (χ1v) is 11.0. The summed E-state index contributed by atoms with van der Waals surface area (Å²) in [7, 11) is 0. The molecule has 0 aliphatic rings. The van der Waals surface area contributed by atoms with Crippen LogP contribution in [-0.4, -0.2) is 22.4 Å². The molecule has 0 aliphatic heterocycles. The molecule has 0 fully saturated rings. The molecule has 1 aromatic carbocycles. The van der Waals surface area contributed by atoms with Crippen LogP contribution in [0.15, 0.2) is 41.6 Å². The quantitative estimate of drug-likeness (QED) is 0.336. The van der Waals surface area contributed by atoms with Gasteiger partial charge in [-0.3, -0.25) is 4.68 Å². The van der Waals surface area contributed by atoms with Gasteiger partial charge in [-0.15, -0.1) is 0 Å². The first kappa shape index (κ1) is 23.2.